The van der Waals surface area contributed by atoms with Crippen molar-refractivity contribution in [3.8, 4) is 0 Å². The number of aryl methyl sites for hydroxylation is 1. The maximum Gasteiger partial charge on any atom is 0.410 e. The van der Waals surface area contributed by atoms with Crippen LogP contribution in [0.4, 0.5) is 27.8 Å². The number of ether oxygens (including phenoxy) is 1. The second kappa shape index (κ2) is 6.79. The Morgan fingerprint density at radius 1 is 1.21 bits per heavy atom. The Balaban J connectivity index is 1.36. The lowest BCUT2D eigenvalue weighted by Crippen LogP contribution is -2.73. The number of amides is 1. The molecule has 1 amide bonds. The molecule has 1 spiro atoms. The number of carbonyl (C=O) groups excluding carboxylic acids is 1. The largest absolute Gasteiger partial charge is 0.444 e. The molecule has 2 aliphatic rings. The summed E-state index contributed by atoms with van der Waals surface area (Å²) in [5, 5.41) is 3.28. The Labute approximate surface area is 171 Å². The lowest BCUT2D eigenvalue weighted by Gasteiger charge is -2.60. The maximum absolute atomic E-state index is 12.2. The van der Waals surface area contributed by atoms with Gasteiger partial charge in [0.05, 0.1) is 5.69 Å². The quantitative estimate of drug-likeness (QED) is 0.822. The third kappa shape index (κ3) is 4.06. The number of rotatable bonds is 3. The lowest BCUT2D eigenvalue weighted by atomic mass is 9.73. The number of nitrogen functional groups attached to an aromatic ring is 1. The van der Waals surface area contributed by atoms with E-state index in [9.17, 15) is 4.79 Å². The number of likely N-dealkylation sites (tertiary alicyclic amines) is 1. The second-order valence-corrected chi connectivity index (χ2v) is 9.11. The van der Waals surface area contributed by atoms with Crippen LogP contribution in [0.1, 0.15) is 26.5 Å². The molecule has 29 heavy (non-hydrogen) atoms. The van der Waals surface area contributed by atoms with Crippen molar-refractivity contribution in [2.24, 2.45) is 5.41 Å². The van der Waals surface area contributed by atoms with Crippen LogP contribution >= 0.6 is 0 Å². The molecule has 0 saturated carbocycles. The van der Waals surface area contributed by atoms with E-state index in [1.807, 2.05) is 52.0 Å². The van der Waals surface area contributed by atoms with E-state index in [1.54, 1.807) is 11.1 Å². The van der Waals surface area contributed by atoms with Gasteiger partial charge in [-0.1, -0.05) is 0 Å². The molecule has 3 N–H and O–H groups in total. The van der Waals surface area contributed by atoms with Gasteiger partial charge in [-0.2, -0.15) is 0 Å². The van der Waals surface area contributed by atoms with Gasteiger partial charge in [0.2, 0.25) is 0 Å². The molecule has 2 aromatic rings. The van der Waals surface area contributed by atoms with E-state index in [-0.39, 0.29) is 11.5 Å². The molecule has 2 aromatic heterocycles. The van der Waals surface area contributed by atoms with Gasteiger partial charge in [-0.05, 0) is 52.0 Å². The van der Waals surface area contributed by atoms with Crippen molar-refractivity contribution >= 4 is 29.1 Å². The van der Waals surface area contributed by atoms with E-state index in [2.05, 4.69) is 15.2 Å². The molecule has 0 radical (unpaired) electrons. The van der Waals surface area contributed by atoms with E-state index in [0.29, 0.717) is 11.5 Å². The van der Waals surface area contributed by atoms with E-state index < -0.39 is 5.60 Å². The molecule has 2 fully saturated rings. The maximum atomic E-state index is 12.2. The fourth-order valence-corrected chi connectivity index (χ4v) is 3.84. The third-order valence-electron chi connectivity index (χ3n) is 5.15. The molecular formula is C21H28N6O2. The Morgan fingerprint density at radius 2 is 1.93 bits per heavy atom. The van der Waals surface area contributed by atoms with Crippen molar-refractivity contribution in [3.05, 3.63) is 36.2 Å². The smallest absolute Gasteiger partial charge is 0.410 e. The van der Waals surface area contributed by atoms with Crippen LogP contribution in [0, 0.1) is 12.3 Å². The highest BCUT2D eigenvalue weighted by Gasteiger charge is 2.54. The highest BCUT2D eigenvalue weighted by atomic mass is 16.6. The zero-order valence-electron chi connectivity index (χ0n) is 17.4. The third-order valence-corrected chi connectivity index (χ3v) is 5.15. The van der Waals surface area contributed by atoms with Crippen molar-refractivity contribution in [3.63, 3.8) is 0 Å². The standard InChI is InChI=1S/C21H28N6O2/c1-14-9-15(7-8-23-14)24-18-16(22)5-6-17(25-18)26-10-21(11-26)12-27(13-21)19(28)29-20(2,3)4/h5-9H,10-13,22H2,1-4H3,(H,23,24,25). The topological polar surface area (TPSA) is 96.6 Å². The average molecular weight is 396 g/mol. The zero-order chi connectivity index (χ0) is 20.8. The molecule has 0 unspecified atom stereocenters. The number of hydrogen-bond donors (Lipinski definition) is 2. The molecule has 0 atom stereocenters. The first-order chi connectivity index (χ1) is 13.6. The molecule has 2 aliphatic heterocycles. The summed E-state index contributed by atoms with van der Waals surface area (Å²) in [6.07, 6.45) is 1.52. The van der Waals surface area contributed by atoms with Crippen LogP contribution in [0.2, 0.25) is 0 Å². The van der Waals surface area contributed by atoms with Gasteiger partial charge in [-0.25, -0.2) is 9.78 Å². The van der Waals surface area contributed by atoms with Gasteiger partial charge >= 0.3 is 6.09 Å². The first-order valence-electron chi connectivity index (χ1n) is 9.82. The molecule has 0 bridgehead atoms. The Morgan fingerprint density at radius 3 is 2.59 bits per heavy atom. The molecule has 0 aliphatic carbocycles. The summed E-state index contributed by atoms with van der Waals surface area (Å²) in [4.78, 5) is 25.1. The molecule has 4 rings (SSSR count). The van der Waals surface area contributed by atoms with Crippen LogP contribution in [0.3, 0.4) is 0 Å². The van der Waals surface area contributed by atoms with E-state index >= 15 is 0 Å². The van der Waals surface area contributed by atoms with Gasteiger partial charge in [0.25, 0.3) is 0 Å². The van der Waals surface area contributed by atoms with Gasteiger partial charge in [0.1, 0.15) is 11.4 Å². The molecule has 154 valence electrons. The summed E-state index contributed by atoms with van der Waals surface area (Å²) in [7, 11) is 0. The van der Waals surface area contributed by atoms with Crippen LogP contribution in [0.25, 0.3) is 0 Å². The minimum atomic E-state index is -0.462. The van der Waals surface area contributed by atoms with Gasteiger partial charge in [-0.15, -0.1) is 0 Å². The SMILES string of the molecule is Cc1cc(Nc2nc(N3CC4(CN(C(=O)OC(C)(C)C)C4)C3)ccc2N)ccn1. The zero-order valence-corrected chi connectivity index (χ0v) is 17.4. The first-order valence-corrected chi connectivity index (χ1v) is 9.82. The minimum absolute atomic E-state index is 0.149. The predicted octanol–water partition coefficient (Wildman–Crippen LogP) is 3.17. The van der Waals surface area contributed by atoms with Crippen molar-refractivity contribution in [1.82, 2.24) is 14.9 Å². The molecule has 2 saturated heterocycles. The normalized spacial score (nSPS) is 17.5. The predicted molar refractivity (Wildman–Crippen MR) is 113 cm³/mol. The fourth-order valence-electron chi connectivity index (χ4n) is 3.84. The Hall–Kier alpha value is -3.03. The highest BCUT2D eigenvalue weighted by Crippen LogP contribution is 2.42. The van der Waals surface area contributed by atoms with Crippen LogP contribution in [0.5, 0.6) is 0 Å². The monoisotopic (exact) mass is 396 g/mol. The summed E-state index contributed by atoms with van der Waals surface area (Å²) in [5.74, 6) is 1.52. The van der Waals surface area contributed by atoms with E-state index in [1.165, 1.54) is 0 Å². The van der Waals surface area contributed by atoms with Gasteiger partial charge < -0.3 is 25.6 Å². The molecular weight excluding hydrogens is 368 g/mol. The van der Waals surface area contributed by atoms with Gasteiger partial charge in [-0.3, -0.25) is 4.98 Å². The van der Waals surface area contributed by atoms with Crippen LogP contribution < -0.4 is 16.0 Å². The average Bonchev–Trinajstić information content (AvgIpc) is 2.53. The number of hydrogen-bond acceptors (Lipinski definition) is 7. The number of carbonyl (C=O) groups is 1. The van der Waals surface area contributed by atoms with Crippen molar-refractivity contribution in [2.75, 3.05) is 42.1 Å². The number of pyridine rings is 2. The molecule has 0 aromatic carbocycles. The summed E-state index contributed by atoms with van der Waals surface area (Å²) in [6.45, 7) is 10.8. The molecule has 8 heteroatoms. The Kier molecular flexibility index (Phi) is 4.52. The number of nitrogens with two attached hydrogens (primary N) is 1. The Bertz CT molecular complexity index is 925. The number of aromatic nitrogens is 2. The lowest BCUT2D eigenvalue weighted by molar-refractivity contribution is -0.0454. The molecule has 4 heterocycles. The van der Waals surface area contributed by atoms with E-state index in [4.69, 9.17) is 15.5 Å². The number of anilines is 4. The van der Waals surface area contributed by atoms with E-state index in [0.717, 1.165) is 43.4 Å². The van der Waals surface area contributed by atoms with Gasteiger partial charge in [0, 0.05) is 49.2 Å². The fraction of sp³-hybridized carbons (Fsp3) is 0.476. The number of nitrogens with zero attached hydrogens (tertiary/aromatic N) is 4. The minimum Gasteiger partial charge on any atom is -0.444 e. The number of nitrogens with one attached hydrogen (secondary N) is 1. The summed E-state index contributed by atoms with van der Waals surface area (Å²) in [5.41, 5.74) is 8.22. The molecule has 8 nitrogen and oxygen atoms in total. The first kappa shape index (κ1) is 19.3. The van der Waals surface area contributed by atoms with Gasteiger partial charge in [0.15, 0.2) is 5.82 Å². The summed E-state index contributed by atoms with van der Waals surface area (Å²) >= 11 is 0. The summed E-state index contributed by atoms with van der Waals surface area (Å²) < 4.78 is 5.44. The van der Waals surface area contributed by atoms with Crippen LogP contribution in [0.15, 0.2) is 30.5 Å². The summed E-state index contributed by atoms with van der Waals surface area (Å²) in [6, 6.07) is 7.65. The van der Waals surface area contributed by atoms with Crippen molar-refractivity contribution in [1.29, 1.82) is 0 Å². The van der Waals surface area contributed by atoms with Crippen molar-refractivity contribution in [2.45, 2.75) is 33.3 Å². The second-order valence-electron chi connectivity index (χ2n) is 9.11. The van der Waals surface area contributed by atoms with Crippen molar-refractivity contribution < 1.29 is 9.53 Å². The van der Waals surface area contributed by atoms with Crippen LogP contribution in [-0.4, -0.2) is 52.7 Å². The van der Waals surface area contributed by atoms with Crippen LogP contribution in [-0.2, 0) is 4.74 Å². The highest BCUT2D eigenvalue weighted by molar-refractivity contribution is 5.72.